The highest BCUT2D eigenvalue weighted by atomic mass is 32.1. The van der Waals surface area contributed by atoms with Gasteiger partial charge in [0.1, 0.15) is 10.7 Å². The fourth-order valence-electron chi connectivity index (χ4n) is 2.01. The third kappa shape index (κ3) is 3.37. The lowest BCUT2D eigenvalue weighted by molar-refractivity contribution is -0.142. The highest BCUT2D eigenvalue weighted by Crippen LogP contribution is 2.33. The molecule has 2 aromatic rings. The van der Waals surface area contributed by atoms with Gasteiger partial charge in [-0.15, -0.1) is 11.3 Å². The number of carbonyl (C=O) groups excluding carboxylic acids is 1. The summed E-state index contributed by atoms with van der Waals surface area (Å²) in [5, 5.41) is 12.3. The highest BCUT2D eigenvalue weighted by molar-refractivity contribution is 7.21. The monoisotopic (exact) mass is 311 g/mol. The van der Waals surface area contributed by atoms with E-state index in [1.54, 1.807) is 13.0 Å². The quantitative estimate of drug-likeness (QED) is 0.801. The van der Waals surface area contributed by atoms with Crippen molar-refractivity contribution in [2.45, 2.75) is 13.5 Å². The Morgan fingerprint density at radius 1 is 1.43 bits per heavy atom. The zero-order chi connectivity index (χ0) is 15.4. The van der Waals surface area contributed by atoms with E-state index in [0.29, 0.717) is 10.3 Å². The van der Waals surface area contributed by atoms with Crippen LogP contribution in [0, 0.1) is 5.82 Å². The first kappa shape index (κ1) is 15.4. The van der Waals surface area contributed by atoms with Crippen molar-refractivity contribution in [1.82, 2.24) is 5.32 Å². The largest absolute Gasteiger partial charge is 0.477 e. The number of carboxylic acid groups (broad SMARTS) is 1. The zero-order valence-corrected chi connectivity index (χ0v) is 12.1. The summed E-state index contributed by atoms with van der Waals surface area (Å²) in [6, 6.07) is 4.50. The van der Waals surface area contributed by atoms with Gasteiger partial charge in [0, 0.05) is 22.2 Å². The number of esters is 1. The molecule has 0 saturated carbocycles. The molecule has 1 aromatic carbocycles. The summed E-state index contributed by atoms with van der Waals surface area (Å²) in [6.07, 6.45) is 0. The number of aromatic carboxylic acids is 1. The van der Waals surface area contributed by atoms with Gasteiger partial charge in [-0.3, -0.25) is 4.79 Å². The molecular weight excluding hydrogens is 297 g/mol. The van der Waals surface area contributed by atoms with Gasteiger partial charge in [-0.1, -0.05) is 6.07 Å². The number of hydrogen-bond donors (Lipinski definition) is 2. The fourth-order valence-corrected chi connectivity index (χ4v) is 3.08. The number of carboxylic acids is 1. The van der Waals surface area contributed by atoms with Crippen LogP contribution in [-0.4, -0.2) is 30.2 Å². The van der Waals surface area contributed by atoms with Gasteiger partial charge in [0.2, 0.25) is 0 Å². The topological polar surface area (TPSA) is 75.6 Å². The van der Waals surface area contributed by atoms with Gasteiger partial charge in [-0.05, 0) is 19.1 Å². The molecule has 0 aliphatic heterocycles. The summed E-state index contributed by atoms with van der Waals surface area (Å²) in [6.45, 7) is 2.00. The Bertz CT molecular complexity index is 683. The molecule has 5 nitrogen and oxygen atoms in total. The van der Waals surface area contributed by atoms with Crippen molar-refractivity contribution in [1.29, 1.82) is 0 Å². The average Bonchev–Trinajstić information content (AvgIpc) is 2.79. The molecular formula is C14H14FNO4S. The third-order valence-electron chi connectivity index (χ3n) is 2.83. The number of carbonyl (C=O) groups is 2. The lowest BCUT2D eigenvalue weighted by Crippen LogP contribution is -2.24. The molecule has 0 aliphatic carbocycles. The standard InChI is InChI=1S/C14H14FNO4S/c1-2-20-11(17)7-16-6-8-12-9(15)4-3-5-10(12)21-13(8)14(18)19/h3-5,16H,2,6-7H2,1H3,(H,18,19). The lowest BCUT2D eigenvalue weighted by atomic mass is 10.1. The Hall–Kier alpha value is -1.99. The number of benzene rings is 1. The number of ether oxygens (including phenoxy) is 1. The van der Waals surface area contributed by atoms with Crippen LogP contribution in [0.3, 0.4) is 0 Å². The minimum absolute atomic E-state index is 0.0569. The first-order valence-corrected chi connectivity index (χ1v) is 7.15. The first-order chi connectivity index (χ1) is 10.0. The summed E-state index contributed by atoms with van der Waals surface area (Å²) in [7, 11) is 0. The summed E-state index contributed by atoms with van der Waals surface area (Å²) in [5.41, 5.74) is 0.352. The van der Waals surface area contributed by atoms with Gasteiger partial charge >= 0.3 is 11.9 Å². The zero-order valence-electron chi connectivity index (χ0n) is 11.3. The van der Waals surface area contributed by atoms with Crippen LogP contribution in [0.5, 0.6) is 0 Å². The normalized spacial score (nSPS) is 10.8. The predicted octanol–water partition coefficient (Wildman–Crippen LogP) is 2.39. The van der Waals surface area contributed by atoms with Crippen LogP contribution in [0.4, 0.5) is 4.39 Å². The number of thiophene rings is 1. The highest BCUT2D eigenvalue weighted by Gasteiger charge is 2.20. The Labute approximate surface area is 124 Å². The molecule has 0 saturated heterocycles. The second-order valence-corrected chi connectivity index (χ2v) is 5.29. The summed E-state index contributed by atoms with van der Waals surface area (Å²) in [5.74, 6) is -2.01. The number of hydrogen-bond acceptors (Lipinski definition) is 5. The maximum absolute atomic E-state index is 13.9. The Kier molecular flexibility index (Phi) is 4.87. The van der Waals surface area contributed by atoms with E-state index < -0.39 is 17.8 Å². The van der Waals surface area contributed by atoms with Crippen molar-refractivity contribution >= 4 is 33.4 Å². The molecule has 2 rings (SSSR count). The van der Waals surface area contributed by atoms with E-state index in [1.807, 2.05) is 0 Å². The Morgan fingerprint density at radius 2 is 2.19 bits per heavy atom. The minimum Gasteiger partial charge on any atom is -0.477 e. The maximum Gasteiger partial charge on any atom is 0.346 e. The van der Waals surface area contributed by atoms with E-state index >= 15 is 0 Å². The molecule has 2 N–H and O–H groups in total. The van der Waals surface area contributed by atoms with Crippen LogP contribution < -0.4 is 5.32 Å². The van der Waals surface area contributed by atoms with Crippen LogP contribution in [0.2, 0.25) is 0 Å². The fraction of sp³-hybridized carbons (Fsp3) is 0.286. The molecule has 0 radical (unpaired) electrons. The van der Waals surface area contributed by atoms with E-state index in [4.69, 9.17) is 4.74 Å². The van der Waals surface area contributed by atoms with Gasteiger partial charge in [-0.25, -0.2) is 9.18 Å². The first-order valence-electron chi connectivity index (χ1n) is 6.34. The van der Waals surface area contributed by atoms with Gasteiger partial charge in [0.15, 0.2) is 0 Å². The Morgan fingerprint density at radius 3 is 2.86 bits per heavy atom. The van der Waals surface area contributed by atoms with Crippen molar-refractivity contribution in [3.8, 4) is 0 Å². The van der Waals surface area contributed by atoms with Crippen LogP contribution in [0.25, 0.3) is 10.1 Å². The van der Waals surface area contributed by atoms with E-state index in [9.17, 15) is 19.1 Å². The molecule has 21 heavy (non-hydrogen) atoms. The van der Waals surface area contributed by atoms with Crippen LogP contribution in [0.1, 0.15) is 22.2 Å². The molecule has 0 aliphatic rings. The van der Waals surface area contributed by atoms with E-state index in [2.05, 4.69) is 5.32 Å². The smallest absolute Gasteiger partial charge is 0.346 e. The van der Waals surface area contributed by atoms with Crippen molar-refractivity contribution in [2.24, 2.45) is 0 Å². The number of halogens is 1. The van der Waals surface area contributed by atoms with Gasteiger partial charge in [-0.2, -0.15) is 0 Å². The number of fused-ring (bicyclic) bond motifs is 1. The van der Waals surface area contributed by atoms with Gasteiger partial charge in [0.25, 0.3) is 0 Å². The Balaban J connectivity index is 2.26. The van der Waals surface area contributed by atoms with Crippen molar-refractivity contribution in [2.75, 3.05) is 13.2 Å². The van der Waals surface area contributed by atoms with Gasteiger partial charge in [0.05, 0.1) is 13.2 Å². The third-order valence-corrected chi connectivity index (χ3v) is 4.02. The lowest BCUT2D eigenvalue weighted by Gasteiger charge is -2.05. The van der Waals surface area contributed by atoms with Crippen molar-refractivity contribution in [3.63, 3.8) is 0 Å². The second kappa shape index (κ2) is 6.64. The molecule has 112 valence electrons. The molecule has 0 fully saturated rings. The SMILES string of the molecule is CCOC(=O)CNCc1c(C(=O)O)sc2cccc(F)c12. The summed E-state index contributed by atoms with van der Waals surface area (Å²) >= 11 is 1.02. The molecule has 1 aromatic heterocycles. The summed E-state index contributed by atoms with van der Waals surface area (Å²) < 4.78 is 19.3. The molecule has 1 heterocycles. The van der Waals surface area contributed by atoms with E-state index in [-0.39, 0.29) is 30.0 Å². The predicted molar refractivity (Wildman–Crippen MR) is 77.1 cm³/mol. The number of rotatable bonds is 6. The molecule has 0 unspecified atom stereocenters. The molecule has 0 atom stereocenters. The minimum atomic E-state index is -1.11. The van der Waals surface area contributed by atoms with E-state index in [0.717, 1.165) is 11.3 Å². The molecule has 0 spiro atoms. The molecule has 0 amide bonds. The van der Waals surface area contributed by atoms with Crippen LogP contribution >= 0.6 is 11.3 Å². The van der Waals surface area contributed by atoms with E-state index in [1.165, 1.54) is 12.1 Å². The summed E-state index contributed by atoms with van der Waals surface area (Å²) in [4.78, 5) is 22.6. The van der Waals surface area contributed by atoms with Crippen molar-refractivity contribution < 1.29 is 23.8 Å². The number of nitrogens with one attached hydrogen (secondary N) is 1. The average molecular weight is 311 g/mol. The molecule has 0 bridgehead atoms. The van der Waals surface area contributed by atoms with Crippen LogP contribution in [-0.2, 0) is 16.1 Å². The maximum atomic E-state index is 13.9. The second-order valence-electron chi connectivity index (χ2n) is 4.24. The molecule has 7 heteroatoms. The van der Waals surface area contributed by atoms with Crippen LogP contribution in [0.15, 0.2) is 18.2 Å². The van der Waals surface area contributed by atoms with Gasteiger partial charge < -0.3 is 15.2 Å². The van der Waals surface area contributed by atoms with Crippen molar-refractivity contribution in [3.05, 3.63) is 34.5 Å².